The minimum absolute atomic E-state index is 0.131. The minimum Gasteiger partial charge on any atom is -0.378 e. The Kier molecular flexibility index (Phi) is 5.07. The first-order valence-corrected chi connectivity index (χ1v) is 9.88. The van der Waals surface area contributed by atoms with Gasteiger partial charge in [-0.05, 0) is 30.5 Å². The number of piperazine rings is 1. The summed E-state index contributed by atoms with van der Waals surface area (Å²) in [5.74, 6) is 1.90. The van der Waals surface area contributed by atoms with Crippen molar-refractivity contribution in [2.45, 2.75) is 18.9 Å². The highest BCUT2D eigenvalue weighted by Crippen LogP contribution is 2.37. The predicted molar refractivity (Wildman–Crippen MR) is 112 cm³/mol. The third kappa shape index (κ3) is 3.61. The Hall–Kier alpha value is -2.83. The second-order valence-corrected chi connectivity index (χ2v) is 7.81. The number of benzene rings is 1. The van der Waals surface area contributed by atoms with Crippen LogP contribution < -0.4 is 14.7 Å². The maximum atomic E-state index is 12.1. The first-order chi connectivity index (χ1) is 13.5. The molecule has 1 aromatic heterocycles. The van der Waals surface area contributed by atoms with Crippen LogP contribution in [0.15, 0.2) is 36.7 Å². The Morgan fingerprint density at radius 2 is 1.89 bits per heavy atom. The summed E-state index contributed by atoms with van der Waals surface area (Å²) in [6, 6.07) is 11.1. The molecule has 1 atom stereocenters. The highest BCUT2D eigenvalue weighted by Gasteiger charge is 2.29. The Labute approximate surface area is 166 Å². The second-order valence-electron chi connectivity index (χ2n) is 7.81. The van der Waals surface area contributed by atoms with Crippen LogP contribution in [-0.4, -0.2) is 68.1 Å². The number of anilines is 3. The van der Waals surface area contributed by atoms with Gasteiger partial charge in [0.15, 0.2) is 0 Å². The molecule has 2 aromatic rings. The number of hydrogen-bond donors (Lipinski definition) is 0. The van der Waals surface area contributed by atoms with Crippen LogP contribution in [0.1, 0.15) is 24.4 Å². The number of hydrogen-bond acceptors (Lipinski definition) is 6. The van der Waals surface area contributed by atoms with Crippen molar-refractivity contribution in [2.75, 3.05) is 62.0 Å². The van der Waals surface area contributed by atoms with E-state index in [9.17, 15) is 4.79 Å². The van der Waals surface area contributed by atoms with Gasteiger partial charge in [0.05, 0.1) is 12.6 Å². The van der Waals surface area contributed by atoms with Gasteiger partial charge in [-0.1, -0.05) is 12.1 Å². The third-order valence-electron chi connectivity index (χ3n) is 5.74. The fraction of sp³-hybridized carbons (Fsp3) is 0.476. The van der Waals surface area contributed by atoms with Gasteiger partial charge in [0.1, 0.15) is 18.0 Å². The van der Waals surface area contributed by atoms with E-state index >= 15 is 0 Å². The second kappa shape index (κ2) is 7.66. The van der Waals surface area contributed by atoms with Crippen LogP contribution in [0, 0.1) is 0 Å². The van der Waals surface area contributed by atoms with Crippen molar-refractivity contribution in [3.05, 3.63) is 42.2 Å². The molecule has 0 N–H and O–H groups in total. The average Bonchev–Trinajstić information content (AvgIpc) is 3.20. The van der Waals surface area contributed by atoms with Crippen LogP contribution in [0.2, 0.25) is 0 Å². The van der Waals surface area contributed by atoms with E-state index in [0.717, 1.165) is 44.1 Å². The quantitative estimate of drug-likeness (QED) is 0.810. The molecule has 1 unspecified atom stereocenters. The summed E-state index contributed by atoms with van der Waals surface area (Å²) < 4.78 is 0. The molecule has 3 heterocycles. The minimum atomic E-state index is 0.131. The molecular formula is C21H28N6O. The molecular weight excluding hydrogens is 352 g/mol. The van der Waals surface area contributed by atoms with Crippen LogP contribution >= 0.6 is 0 Å². The van der Waals surface area contributed by atoms with E-state index in [2.05, 4.69) is 58.1 Å². The van der Waals surface area contributed by atoms with Crippen molar-refractivity contribution in [3.63, 3.8) is 0 Å². The van der Waals surface area contributed by atoms with Crippen molar-refractivity contribution in [3.8, 4) is 0 Å². The van der Waals surface area contributed by atoms with Gasteiger partial charge in [-0.3, -0.25) is 4.79 Å². The van der Waals surface area contributed by atoms with E-state index < -0.39 is 0 Å². The molecule has 0 spiro atoms. The van der Waals surface area contributed by atoms with Crippen molar-refractivity contribution >= 4 is 23.2 Å². The van der Waals surface area contributed by atoms with E-state index in [1.165, 1.54) is 11.3 Å². The summed E-state index contributed by atoms with van der Waals surface area (Å²) in [5, 5.41) is 0. The molecule has 7 nitrogen and oxygen atoms in total. The topological polar surface area (TPSA) is 55.8 Å². The maximum absolute atomic E-state index is 12.1. The molecule has 7 heteroatoms. The zero-order chi connectivity index (χ0) is 19.7. The maximum Gasteiger partial charge on any atom is 0.241 e. The smallest absolute Gasteiger partial charge is 0.241 e. The van der Waals surface area contributed by atoms with Crippen LogP contribution in [-0.2, 0) is 4.79 Å². The van der Waals surface area contributed by atoms with Crippen molar-refractivity contribution in [1.29, 1.82) is 0 Å². The summed E-state index contributed by atoms with van der Waals surface area (Å²) in [5.41, 5.74) is 2.53. The van der Waals surface area contributed by atoms with Crippen molar-refractivity contribution < 1.29 is 4.79 Å². The SMILES string of the molecule is CN1CCN(c2cc(N3CCCC3c3cccc(N(C)C)c3)ncn2)CC1=O. The lowest BCUT2D eigenvalue weighted by atomic mass is 10.0. The van der Waals surface area contributed by atoms with E-state index in [-0.39, 0.29) is 5.91 Å². The first kappa shape index (κ1) is 18.5. The molecule has 0 radical (unpaired) electrons. The summed E-state index contributed by atoms with van der Waals surface area (Å²) >= 11 is 0. The molecule has 4 rings (SSSR count). The van der Waals surface area contributed by atoms with Gasteiger partial charge in [0.25, 0.3) is 0 Å². The number of amides is 1. The summed E-state index contributed by atoms with van der Waals surface area (Å²) in [4.78, 5) is 29.4. The molecule has 1 amide bonds. The van der Waals surface area contributed by atoms with Crippen molar-refractivity contribution in [1.82, 2.24) is 14.9 Å². The Bertz CT molecular complexity index is 854. The van der Waals surface area contributed by atoms with Crippen LogP contribution in [0.3, 0.4) is 0 Å². The molecule has 1 aromatic carbocycles. The van der Waals surface area contributed by atoms with Gasteiger partial charge in [-0.2, -0.15) is 0 Å². The number of carbonyl (C=O) groups excluding carboxylic acids is 1. The van der Waals surface area contributed by atoms with E-state index in [0.29, 0.717) is 12.6 Å². The van der Waals surface area contributed by atoms with Gasteiger partial charge < -0.3 is 19.6 Å². The third-order valence-corrected chi connectivity index (χ3v) is 5.74. The highest BCUT2D eigenvalue weighted by molar-refractivity contribution is 5.82. The van der Waals surface area contributed by atoms with Crippen LogP contribution in [0.4, 0.5) is 17.3 Å². The highest BCUT2D eigenvalue weighted by atomic mass is 16.2. The largest absolute Gasteiger partial charge is 0.378 e. The molecule has 2 saturated heterocycles. The average molecular weight is 380 g/mol. The lowest BCUT2D eigenvalue weighted by Gasteiger charge is -2.33. The lowest BCUT2D eigenvalue weighted by Crippen LogP contribution is -2.48. The molecule has 28 heavy (non-hydrogen) atoms. The molecule has 0 aliphatic carbocycles. The summed E-state index contributed by atoms with van der Waals surface area (Å²) in [7, 11) is 5.99. The molecule has 2 fully saturated rings. The number of aromatic nitrogens is 2. The van der Waals surface area contributed by atoms with Crippen LogP contribution in [0.5, 0.6) is 0 Å². The van der Waals surface area contributed by atoms with Gasteiger partial charge >= 0.3 is 0 Å². The van der Waals surface area contributed by atoms with E-state index in [4.69, 9.17) is 0 Å². The number of carbonyl (C=O) groups is 1. The molecule has 2 aliphatic heterocycles. The van der Waals surface area contributed by atoms with Crippen LogP contribution in [0.25, 0.3) is 0 Å². The van der Waals surface area contributed by atoms with E-state index in [1.54, 1.807) is 11.2 Å². The zero-order valence-electron chi connectivity index (χ0n) is 16.9. The normalized spacial score (nSPS) is 20.0. The fourth-order valence-corrected chi connectivity index (χ4v) is 4.02. The van der Waals surface area contributed by atoms with Gasteiger partial charge in [-0.15, -0.1) is 0 Å². The Balaban J connectivity index is 1.58. The Morgan fingerprint density at radius 3 is 2.68 bits per heavy atom. The number of likely N-dealkylation sites (N-methyl/N-ethyl adjacent to an activating group) is 1. The molecule has 0 bridgehead atoms. The summed E-state index contributed by atoms with van der Waals surface area (Å²) in [6.07, 6.45) is 3.88. The molecule has 0 saturated carbocycles. The van der Waals surface area contributed by atoms with Gasteiger partial charge in [-0.25, -0.2) is 9.97 Å². The molecule has 148 valence electrons. The Morgan fingerprint density at radius 1 is 1.07 bits per heavy atom. The van der Waals surface area contributed by atoms with Gasteiger partial charge in [0, 0.05) is 52.5 Å². The first-order valence-electron chi connectivity index (χ1n) is 9.88. The lowest BCUT2D eigenvalue weighted by molar-refractivity contribution is -0.129. The van der Waals surface area contributed by atoms with Crippen molar-refractivity contribution in [2.24, 2.45) is 0 Å². The van der Waals surface area contributed by atoms with Gasteiger partial charge in [0.2, 0.25) is 5.91 Å². The summed E-state index contributed by atoms with van der Waals surface area (Å²) in [6.45, 7) is 2.88. The molecule has 2 aliphatic rings. The number of nitrogens with zero attached hydrogens (tertiary/aromatic N) is 6. The zero-order valence-corrected chi connectivity index (χ0v) is 16.9. The van der Waals surface area contributed by atoms with E-state index in [1.807, 2.05) is 18.0 Å². The predicted octanol–water partition coefficient (Wildman–Crippen LogP) is 2.16. The monoisotopic (exact) mass is 380 g/mol. The standard InChI is InChI=1S/C21H28N6O/c1-24(2)17-7-4-6-16(12-17)18-8-5-9-27(18)20-13-19(22-15-23-20)26-11-10-25(3)21(28)14-26/h4,6-7,12-13,15,18H,5,8-11,14H2,1-3H3. The fourth-order valence-electron chi connectivity index (χ4n) is 4.02. The number of rotatable bonds is 4.